The highest BCUT2D eigenvalue weighted by Gasteiger charge is 2.27. The number of likely N-dealkylation sites (tertiary alicyclic amines) is 1. The van der Waals surface area contributed by atoms with Gasteiger partial charge in [-0.05, 0) is 83.6 Å². The third kappa shape index (κ3) is 4.93. The number of ether oxygens (including phenoxy) is 1. The van der Waals surface area contributed by atoms with Crippen LogP contribution in [0, 0.1) is 5.92 Å². The highest BCUT2D eigenvalue weighted by atomic mass is 19.1. The summed E-state index contributed by atoms with van der Waals surface area (Å²) >= 11 is 0. The van der Waals surface area contributed by atoms with Crippen molar-refractivity contribution in [2.75, 3.05) is 32.9 Å². The summed E-state index contributed by atoms with van der Waals surface area (Å²) in [6.07, 6.45) is 1.37. The van der Waals surface area contributed by atoms with E-state index in [0.717, 1.165) is 41.9 Å². The van der Waals surface area contributed by atoms with E-state index in [1.54, 1.807) is 54.6 Å². The number of hydrogen-bond acceptors (Lipinski definition) is 5. The molecule has 0 bridgehead atoms. The summed E-state index contributed by atoms with van der Waals surface area (Å²) in [5, 5.41) is 19.7. The maximum atomic E-state index is 13.8. The molecule has 1 saturated heterocycles. The van der Waals surface area contributed by atoms with E-state index < -0.39 is 0 Å². The molecule has 6 heteroatoms. The predicted octanol–water partition coefficient (Wildman–Crippen LogP) is 5.12. The van der Waals surface area contributed by atoms with Gasteiger partial charge in [-0.15, -0.1) is 0 Å². The molecule has 2 N–H and O–H groups in total. The summed E-state index contributed by atoms with van der Waals surface area (Å²) in [6.45, 7) is 2.57. The Labute approximate surface area is 204 Å². The molecule has 5 rings (SSSR count). The van der Waals surface area contributed by atoms with E-state index >= 15 is 0 Å². The van der Waals surface area contributed by atoms with Gasteiger partial charge in [-0.3, -0.25) is 14.1 Å². The average molecular weight is 474 g/mol. The van der Waals surface area contributed by atoms with Crippen molar-refractivity contribution in [1.29, 1.82) is 0 Å². The summed E-state index contributed by atoms with van der Waals surface area (Å²) in [5.74, 6) is 1.11. The van der Waals surface area contributed by atoms with Crippen LogP contribution in [0.5, 0.6) is 17.2 Å². The van der Waals surface area contributed by atoms with Crippen LogP contribution < -0.4 is 4.74 Å². The Morgan fingerprint density at radius 2 is 1.66 bits per heavy atom. The topological polar surface area (TPSA) is 70.0 Å². The van der Waals surface area contributed by atoms with Gasteiger partial charge in [-0.2, -0.15) is 0 Å². The second-order valence-electron chi connectivity index (χ2n) is 9.22. The highest BCUT2D eigenvalue weighted by molar-refractivity contribution is 6.35. The largest absolute Gasteiger partial charge is 0.508 e. The Morgan fingerprint density at radius 1 is 0.943 bits per heavy atom. The summed E-state index contributed by atoms with van der Waals surface area (Å²) in [7, 11) is 0. The van der Waals surface area contributed by atoms with Gasteiger partial charge in [0.05, 0.1) is 6.67 Å². The number of nitrogens with zero attached hydrogens (tertiary/aromatic N) is 1. The molecule has 0 saturated carbocycles. The van der Waals surface area contributed by atoms with Crippen LogP contribution in [0.1, 0.15) is 33.5 Å². The number of Topliss-reactive ketones (excluding diaryl/α,β-unsaturated/α-hetero) is 1. The number of rotatable bonds is 8. The van der Waals surface area contributed by atoms with Crippen molar-refractivity contribution in [3.63, 3.8) is 0 Å². The van der Waals surface area contributed by atoms with Crippen molar-refractivity contribution >= 4 is 16.9 Å². The molecule has 1 aliphatic carbocycles. The summed E-state index contributed by atoms with van der Waals surface area (Å²) in [4.78, 5) is 15.9. The van der Waals surface area contributed by atoms with Crippen molar-refractivity contribution < 1.29 is 24.1 Å². The van der Waals surface area contributed by atoms with Crippen LogP contribution in [0.2, 0.25) is 0 Å². The first-order valence-corrected chi connectivity index (χ1v) is 11.9. The molecular weight excluding hydrogens is 445 g/mol. The molecule has 0 spiro atoms. The number of benzene rings is 3. The number of carbonyl (C=O) groups is 1. The van der Waals surface area contributed by atoms with Gasteiger partial charge in [-0.1, -0.05) is 18.2 Å². The number of aryl methyl sites for hydroxylation is 1. The smallest absolute Gasteiger partial charge is 0.193 e. The zero-order valence-corrected chi connectivity index (χ0v) is 19.4. The standard InChI is InChI=1S/C29H28FNO4/c30-16-19-17-31(18-19)13-14-35-25-9-3-21(4-10-25)29(34)28-26(20-1-6-23(32)7-2-20)11-5-22-15-24(33)8-12-27(22)28/h1-4,6-10,12,15,19,32-33H,5,11,13-14,16-18H2. The molecule has 3 aromatic rings. The van der Waals surface area contributed by atoms with E-state index in [0.29, 0.717) is 36.3 Å². The number of allylic oxidation sites excluding steroid dienone is 2. The van der Waals surface area contributed by atoms with Crippen molar-refractivity contribution in [2.24, 2.45) is 5.92 Å². The SMILES string of the molecule is O=C(C1=C(c2ccc(O)cc2)CCc2cc(O)ccc21)c1ccc(OCCN2CC(CF)C2)cc1. The second-order valence-corrected chi connectivity index (χ2v) is 9.22. The van der Waals surface area contributed by atoms with Gasteiger partial charge in [-0.25, -0.2) is 0 Å². The molecule has 1 fully saturated rings. The molecule has 1 aliphatic heterocycles. The predicted molar refractivity (Wildman–Crippen MR) is 134 cm³/mol. The maximum Gasteiger partial charge on any atom is 0.193 e. The van der Waals surface area contributed by atoms with E-state index in [4.69, 9.17) is 4.74 Å². The Hall–Kier alpha value is -3.64. The fraction of sp³-hybridized carbons (Fsp3) is 0.276. The van der Waals surface area contributed by atoms with Crippen LogP contribution in [-0.2, 0) is 6.42 Å². The van der Waals surface area contributed by atoms with Crippen LogP contribution in [0.3, 0.4) is 0 Å². The molecule has 0 aromatic heterocycles. The van der Waals surface area contributed by atoms with Crippen LogP contribution in [-0.4, -0.2) is 53.8 Å². The number of phenolic OH excluding ortho intramolecular Hbond substituents is 2. The van der Waals surface area contributed by atoms with Crippen LogP contribution in [0.15, 0.2) is 66.7 Å². The van der Waals surface area contributed by atoms with Crippen molar-refractivity contribution in [3.05, 3.63) is 89.0 Å². The fourth-order valence-electron chi connectivity index (χ4n) is 4.89. The van der Waals surface area contributed by atoms with Crippen molar-refractivity contribution in [1.82, 2.24) is 4.90 Å². The van der Waals surface area contributed by atoms with E-state index in [1.807, 2.05) is 12.1 Å². The number of fused-ring (bicyclic) bond motifs is 1. The van der Waals surface area contributed by atoms with Gasteiger partial charge < -0.3 is 14.9 Å². The molecular formula is C29H28FNO4. The van der Waals surface area contributed by atoms with E-state index in [1.165, 1.54) is 0 Å². The van der Waals surface area contributed by atoms with Gasteiger partial charge in [0, 0.05) is 36.7 Å². The third-order valence-corrected chi connectivity index (χ3v) is 6.79. The molecule has 2 aliphatic rings. The van der Waals surface area contributed by atoms with Gasteiger partial charge in [0.15, 0.2) is 5.78 Å². The Bertz CT molecular complexity index is 1240. The molecule has 180 valence electrons. The van der Waals surface area contributed by atoms with Crippen molar-refractivity contribution in [2.45, 2.75) is 12.8 Å². The molecule has 0 unspecified atom stereocenters. The summed E-state index contributed by atoms with van der Waals surface area (Å²) < 4.78 is 18.4. The minimum atomic E-state index is -0.261. The zero-order chi connectivity index (χ0) is 24.4. The van der Waals surface area contributed by atoms with Gasteiger partial charge >= 0.3 is 0 Å². The van der Waals surface area contributed by atoms with Crippen LogP contribution in [0.25, 0.3) is 11.1 Å². The monoisotopic (exact) mass is 473 g/mol. The lowest BCUT2D eigenvalue weighted by molar-refractivity contribution is 0.0668. The van der Waals surface area contributed by atoms with E-state index in [2.05, 4.69) is 4.90 Å². The highest BCUT2D eigenvalue weighted by Crippen LogP contribution is 2.40. The molecule has 35 heavy (non-hydrogen) atoms. The van der Waals surface area contributed by atoms with Crippen molar-refractivity contribution in [3.8, 4) is 17.2 Å². The Balaban J connectivity index is 1.38. The minimum Gasteiger partial charge on any atom is -0.508 e. The minimum absolute atomic E-state index is 0.0934. The lowest BCUT2D eigenvalue weighted by atomic mass is 9.79. The molecule has 0 radical (unpaired) electrons. The van der Waals surface area contributed by atoms with E-state index in [9.17, 15) is 19.4 Å². The average Bonchev–Trinajstić information content (AvgIpc) is 2.85. The lowest BCUT2D eigenvalue weighted by Gasteiger charge is -2.37. The third-order valence-electron chi connectivity index (χ3n) is 6.79. The van der Waals surface area contributed by atoms with Gasteiger partial charge in [0.25, 0.3) is 0 Å². The second kappa shape index (κ2) is 9.92. The number of hydrogen-bond donors (Lipinski definition) is 2. The lowest BCUT2D eigenvalue weighted by Crippen LogP contribution is -2.49. The first-order chi connectivity index (χ1) is 17.0. The van der Waals surface area contributed by atoms with Gasteiger partial charge in [0.2, 0.25) is 0 Å². The molecule has 0 atom stereocenters. The molecule has 0 amide bonds. The van der Waals surface area contributed by atoms with Crippen LogP contribution >= 0.6 is 0 Å². The Kier molecular flexibility index (Phi) is 6.55. The zero-order valence-electron chi connectivity index (χ0n) is 19.4. The number of alkyl halides is 1. The van der Waals surface area contributed by atoms with Gasteiger partial charge in [0.1, 0.15) is 23.9 Å². The first kappa shape index (κ1) is 23.1. The summed E-state index contributed by atoms with van der Waals surface area (Å²) in [6, 6.07) is 19.2. The Morgan fingerprint density at radius 3 is 2.37 bits per heavy atom. The van der Waals surface area contributed by atoms with E-state index in [-0.39, 0.29) is 29.9 Å². The number of halogens is 1. The first-order valence-electron chi connectivity index (χ1n) is 11.9. The number of ketones is 1. The quantitative estimate of drug-likeness (QED) is 0.445. The maximum absolute atomic E-state index is 13.8. The fourth-order valence-corrected chi connectivity index (χ4v) is 4.89. The summed E-state index contributed by atoms with van der Waals surface area (Å²) in [5.41, 5.74) is 4.75. The van der Waals surface area contributed by atoms with Crippen LogP contribution in [0.4, 0.5) is 4.39 Å². The molecule has 3 aromatic carbocycles. The normalized spacial score (nSPS) is 16.0. The number of aromatic hydroxyl groups is 2. The number of phenols is 2. The number of carbonyl (C=O) groups excluding carboxylic acids is 1. The molecule has 5 nitrogen and oxygen atoms in total. The molecule has 1 heterocycles.